The molecule has 0 fully saturated rings. The van der Waals surface area contributed by atoms with E-state index in [1.807, 2.05) is 13.8 Å². The van der Waals surface area contributed by atoms with Crippen molar-refractivity contribution in [3.05, 3.63) is 78.4 Å². The molecule has 4 amide bonds. The number of carbonyl (C=O) groups is 4. The van der Waals surface area contributed by atoms with E-state index in [1.165, 1.54) is 25.3 Å². The predicted octanol–water partition coefficient (Wildman–Crippen LogP) is 4.56. The summed E-state index contributed by atoms with van der Waals surface area (Å²) in [4.78, 5) is 51.3. The van der Waals surface area contributed by atoms with Crippen LogP contribution in [0.15, 0.2) is 67.3 Å². The van der Waals surface area contributed by atoms with Crippen molar-refractivity contribution in [2.75, 3.05) is 30.3 Å². The van der Waals surface area contributed by atoms with Crippen LogP contribution in [0.1, 0.15) is 92.9 Å². The lowest BCUT2D eigenvalue weighted by molar-refractivity contribution is -0.683. The number of benzene rings is 1. The second kappa shape index (κ2) is 20.3. The minimum atomic E-state index is -0.423. The van der Waals surface area contributed by atoms with Gasteiger partial charge in [-0.05, 0) is 49.6 Å². The molecule has 3 aromatic rings. The van der Waals surface area contributed by atoms with Crippen LogP contribution in [0, 0.1) is 0 Å². The van der Waals surface area contributed by atoms with Crippen LogP contribution in [0.5, 0.6) is 5.75 Å². The molecule has 47 heavy (non-hydrogen) atoms. The number of ether oxygens (including phenoxy) is 1. The average molecular weight is 647 g/mol. The third-order valence-electron chi connectivity index (χ3n) is 7.23. The average Bonchev–Trinajstić information content (AvgIpc) is 3.06. The highest BCUT2D eigenvalue weighted by Crippen LogP contribution is 2.21. The van der Waals surface area contributed by atoms with Crippen LogP contribution < -0.4 is 35.1 Å². The normalized spacial score (nSPS) is 10.6. The zero-order chi connectivity index (χ0) is 33.9. The number of aromatic nitrogens is 2. The minimum absolute atomic E-state index is 0.116. The van der Waals surface area contributed by atoms with Crippen LogP contribution in [0.2, 0.25) is 0 Å². The summed E-state index contributed by atoms with van der Waals surface area (Å²) in [6.07, 6.45) is 15.2. The highest BCUT2D eigenvalue weighted by atomic mass is 16.5. The first-order valence-corrected chi connectivity index (χ1v) is 16.7. The fourth-order valence-electron chi connectivity index (χ4n) is 4.78. The first kappa shape index (κ1) is 36.7. The SMILES string of the molecule is CCCCCCCCOc1cc(C(=O)Nc2ccc[n+](CC(=O)NCCC)c2)cc(C(=O)Nc2ccc[n+](CC(=O)NCCC)c2)c1. The molecule has 0 saturated heterocycles. The zero-order valence-electron chi connectivity index (χ0n) is 28.0. The Hall–Kier alpha value is -4.80. The summed E-state index contributed by atoms with van der Waals surface area (Å²) in [6.45, 7) is 8.08. The highest BCUT2D eigenvalue weighted by molar-refractivity contribution is 6.09. The number of unbranched alkanes of at least 4 members (excludes halogenated alkanes) is 5. The van der Waals surface area contributed by atoms with E-state index < -0.39 is 11.8 Å². The Kier molecular flexibility index (Phi) is 15.9. The van der Waals surface area contributed by atoms with E-state index in [4.69, 9.17) is 4.74 Å². The first-order valence-electron chi connectivity index (χ1n) is 16.7. The Morgan fingerprint density at radius 2 is 1.13 bits per heavy atom. The van der Waals surface area contributed by atoms with Gasteiger partial charge in [-0.2, -0.15) is 9.13 Å². The van der Waals surface area contributed by atoms with Crippen LogP contribution >= 0.6 is 0 Å². The standard InChI is InChI=1S/C36H48N6O5/c1-4-7-8-9-10-11-20-47-32-22-28(35(45)39-30-14-12-18-41(24-30)26-33(43)37-16-5-2)21-29(23-32)36(46)40-31-15-13-19-42(25-31)27-34(44)38-17-6-3/h12-15,18-19,21-25H,4-11,16-17,20,26-27H2,1-3H3,(H2-2,37,38,39,40,43,44,45,46)/p+2. The second-order valence-electron chi connectivity index (χ2n) is 11.5. The van der Waals surface area contributed by atoms with Gasteiger partial charge >= 0.3 is 0 Å². The molecule has 2 aromatic heterocycles. The van der Waals surface area contributed by atoms with Crippen molar-refractivity contribution in [1.29, 1.82) is 0 Å². The lowest BCUT2D eigenvalue weighted by Gasteiger charge is -2.12. The molecule has 0 unspecified atom stereocenters. The minimum Gasteiger partial charge on any atom is -0.494 e. The number of hydrogen-bond acceptors (Lipinski definition) is 5. The van der Waals surface area contributed by atoms with Crippen molar-refractivity contribution in [3.63, 3.8) is 0 Å². The van der Waals surface area contributed by atoms with E-state index in [0.717, 1.165) is 32.1 Å². The number of nitrogens with one attached hydrogen (secondary N) is 4. The maximum absolute atomic E-state index is 13.4. The van der Waals surface area contributed by atoms with Gasteiger partial charge in [0.05, 0.1) is 6.61 Å². The number of rotatable bonds is 20. The Morgan fingerprint density at radius 3 is 1.62 bits per heavy atom. The molecule has 0 aliphatic rings. The van der Waals surface area contributed by atoms with Gasteiger partial charge in [-0.15, -0.1) is 0 Å². The number of carbonyl (C=O) groups excluding carboxylic acids is 4. The van der Waals surface area contributed by atoms with Crippen molar-refractivity contribution in [1.82, 2.24) is 10.6 Å². The van der Waals surface area contributed by atoms with Crippen molar-refractivity contribution in [2.24, 2.45) is 0 Å². The van der Waals surface area contributed by atoms with E-state index in [-0.39, 0.29) is 36.0 Å². The number of anilines is 2. The van der Waals surface area contributed by atoms with Gasteiger partial charge in [-0.25, -0.2) is 0 Å². The fraction of sp³-hybridized carbons (Fsp3) is 0.444. The molecule has 11 heteroatoms. The van der Waals surface area contributed by atoms with Crippen LogP contribution in [-0.2, 0) is 22.7 Å². The fourth-order valence-corrected chi connectivity index (χ4v) is 4.78. The summed E-state index contributed by atoms with van der Waals surface area (Å²) >= 11 is 0. The third kappa shape index (κ3) is 13.6. The van der Waals surface area contributed by atoms with E-state index in [2.05, 4.69) is 28.2 Å². The smallest absolute Gasteiger partial charge is 0.285 e. The Balaban J connectivity index is 1.76. The first-order chi connectivity index (χ1) is 22.8. The summed E-state index contributed by atoms with van der Waals surface area (Å²) in [7, 11) is 0. The molecule has 0 aliphatic carbocycles. The number of nitrogens with zero attached hydrogens (tertiary/aromatic N) is 2. The van der Waals surface area contributed by atoms with Crippen LogP contribution in [0.25, 0.3) is 0 Å². The Bertz CT molecular complexity index is 1380. The second-order valence-corrected chi connectivity index (χ2v) is 11.5. The molecule has 3 rings (SSSR count). The van der Waals surface area contributed by atoms with E-state index >= 15 is 0 Å². The van der Waals surface area contributed by atoms with Gasteiger partial charge in [0.1, 0.15) is 17.1 Å². The maximum Gasteiger partial charge on any atom is 0.285 e. The molecular weight excluding hydrogens is 596 g/mol. The van der Waals surface area contributed by atoms with Gasteiger partial charge in [0.25, 0.3) is 23.6 Å². The molecule has 0 radical (unpaired) electrons. The summed E-state index contributed by atoms with van der Waals surface area (Å²) < 4.78 is 9.41. The van der Waals surface area contributed by atoms with E-state index in [9.17, 15) is 19.2 Å². The van der Waals surface area contributed by atoms with Crippen LogP contribution in [0.4, 0.5) is 11.4 Å². The predicted molar refractivity (Wildman–Crippen MR) is 181 cm³/mol. The molecule has 4 N–H and O–H groups in total. The molecule has 0 spiro atoms. The monoisotopic (exact) mass is 646 g/mol. The maximum atomic E-state index is 13.4. The number of pyridine rings is 2. The molecule has 1 aromatic carbocycles. The summed E-state index contributed by atoms with van der Waals surface area (Å²) in [5.41, 5.74) is 1.51. The molecule has 11 nitrogen and oxygen atoms in total. The number of amides is 4. The lowest BCUT2D eigenvalue weighted by atomic mass is 10.1. The summed E-state index contributed by atoms with van der Waals surface area (Å²) in [5, 5.41) is 11.4. The molecule has 0 atom stereocenters. The molecular formula is C36H50N6O5+2. The van der Waals surface area contributed by atoms with Crippen molar-refractivity contribution >= 4 is 35.0 Å². The molecule has 0 bridgehead atoms. The third-order valence-corrected chi connectivity index (χ3v) is 7.23. The Labute approximate surface area is 278 Å². The molecule has 2 heterocycles. The van der Waals surface area contributed by atoms with Gasteiger partial charge in [-0.1, -0.05) is 52.9 Å². The van der Waals surface area contributed by atoms with Crippen molar-refractivity contribution < 1.29 is 33.0 Å². The number of hydrogen-bond donors (Lipinski definition) is 4. The largest absolute Gasteiger partial charge is 0.494 e. The Morgan fingerprint density at radius 1 is 0.638 bits per heavy atom. The topological polar surface area (TPSA) is 133 Å². The molecule has 0 aliphatic heterocycles. The van der Waals surface area contributed by atoms with Crippen LogP contribution in [0.3, 0.4) is 0 Å². The quantitative estimate of drug-likeness (QED) is 0.106. The van der Waals surface area contributed by atoms with Gasteiger partial charge in [-0.3, -0.25) is 19.2 Å². The van der Waals surface area contributed by atoms with Gasteiger partial charge in [0.15, 0.2) is 24.8 Å². The lowest BCUT2D eigenvalue weighted by Crippen LogP contribution is -2.42. The van der Waals surface area contributed by atoms with Crippen molar-refractivity contribution in [2.45, 2.75) is 85.2 Å². The van der Waals surface area contributed by atoms with E-state index in [1.54, 1.807) is 70.3 Å². The highest BCUT2D eigenvalue weighted by Gasteiger charge is 2.18. The van der Waals surface area contributed by atoms with Gasteiger partial charge in [0, 0.05) is 36.3 Å². The molecule has 252 valence electrons. The summed E-state index contributed by atoms with van der Waals surface area (Å²) in [6, 6.07) is 11.7. The summed E-state index contributed by atoms with van der Waals surface area (Å²) in [5.74, 6) is -0.659. The molecule has 0 saturated carbocycles. The van der Waals surface area contributed by atoms with Gasteiger partial charge in [0.2, 0.25) is 13.1 Å². The van der Waals surface area contributed by atoms with E-state index in [0.29, 0.717) is 36.8 Å². The van der Waals surface area contributed by atoms with Crippen LogP contribution in [-0.4, -0.2) is 43.3 Å². The zero-order valence-corrected chi connectivity index (χ0v) is 28.0. The van der Waals surface area contributed by atoms with Gasteiger partial charge < -0.3 is 26.0 Å². The van der Waals surface area contributed by atoms with Crippen molar-refractivity contribution in [3.8, 4) is 5.75 Å².